The lowest BCUT2D eigenvalue weighted by molar-refractivity contribution is -0.347. The molecule has 4 heterocycles. The van der Waals surface area contributed by atoms with Gasteiger partial charge in [0.1, 0.15) is 54.1 Å². The van der Waals surface area contributed by atoms with E-state index in [-0.39, 0.29) is 5.75 Å². The van der Waals surface area contributed by atoms with E-state index < -0.39 is 117 Å². The van der Waals surface area contributed by atoms with Gasteiger partial charge in [0.15, 0.2) is 18.7 Å². The lowest BCUT2D eigenvalue weighted by atomic mass is 9.85. The van der Waals surface area contributed by atoms with Crippen LogP contribution in [0, 0.1) is 11.8 Å². The van der Waals surface area contributed by atoms with Gasteiger partial charge in [0.25, 0.3) is 0 Å². The van der Waals surface area contributed by atoms with E-state index in [1.807, 2.05) is 0 Å². The number of aliphatic hydroxyl groups is 7. The fraction of sp³-hybridized carbons (Fsp3) is 0.633. The molecule has 0 aromatic heterocycles. The van der Waals surface area contributed by atoms with Crippen molar-refractivity contribution in [2.24, 2.45) is 11.8 Å². The van der Waals surface area contributed by atoms with Crippen LogP contribution in [0.3, 0.4) is 0 Å². The average Bonchev–Trinajstić information content (AvgIpc) is 3.72. The number of benzene rings is 1. The molecule has 1 saturated carbocycles. The molecule has 46 heavy (non-hydrogen) atoms. The molecule has 16 heteroatoms. The van der Waals surface area contributed by atoms with Crippen LogP contribution in [0.2, 0.25) is 0 Å². The highest BCUT2D eigenvalue weighted by molar-refractivity contribution is 5.87. The van der Waals surface area contributed by atoms with Gasteiger partial charge in [-0.2, -0.15) is 0 Å². The van der Waals surface area contributed by atoms with Gasteiger partial charge in [-0.1, -0.05) is 12.1 Å². The first-order valence-corrected chi connectivity index (χ1v) is 14.9. The van der Waals surface area contributed by atoms with Crippen LogP contribution in [0.25, 0.3) is 6.08 Å². The summed E-state index contributed by atoms with van der Waals surface area (Å²) in [6, 6.07) is 6.03. The fourth-order valence-electron chi connectivity index (χ4n) is 6.63. The minimum absolute atomic E-state index is 0.0513. The second-order valence-electron chi connectivity index (χ2n) is 12.0. The summed E-state index contributed by atoms with van der Waals surface area (Å²) in [6.45, 7) is 0.353. The van der Waals surface area contributed by atoms with Crippen LogP contribution < -0.4 is 0 Å². The maximum atomic E-state index is 12.8. The normalized spacial score (nSPS) is 46.4. The molecule has 0 unspecified atom stereocenters. The highest BCUT2D eigenvalue weighted by Gasteiger charge is 2.77. The van der Waals surface area contributed by atoms with Crippen molar-refractivity contribution in [3.05, 3.63) is 48.2 Å². The zero-order valence-corrected chi connectivity index (χ0v) is 24.5. The number of aliphatic hydroxyl groups excluding tert-OH is 7. The van der Waals surface area contributed by atoms with Gasteiger partial charge in [-0.05, 0) is 36.8 Å². The van der Waals surface area contributed by atoms with E-state index in [9.17, 15) is 45.6 Å². The van der Waals surface area contributed by atoms with Gasteiger partial charge in [0, 0.05) is 12.0 Å². The number of phenols is 1. The summed E-state index contributed by atoms with van der Waals surface area (Å²) in [6.07, 6.45) is -11.9. The van der Waals surface area contributed by atoms with Gasteiger partial charge in [0.2, 0.25) is 6.29 Å². The first kappa shape index (κ1) is 33.2. The molecule has 1 aromatic rings. The number of fused-ring (bicyclic) bond motifs is 3. The molecule has 4 fully saturated rings. The van der Waals surface area contributed by atoms with E-state index in [2.05, 4.69) is 0 Å². The largest absolute Gasteiger partial charge is 0.508 e. The zero-order chi connectivity index (χ0) is 32.9. The predicted octanol–water partition coefficient (Wildman–Crippen LogP) is -2.77. The molecule has 5 aliphatic rings. The Balaban J connectivity index is 1.19. The zero-order valence-electron chi connectivity index (χ0n) is 24.5. The van der Waals surface area contributed by atoms with Gasteiger partial charge in [0.05, 0.1) is 37.6 Å². The van der Waals surface area contributed by atoms with Crippen LogP contribution in [-0.4, -0.2) is 146 Å². The first-order valence-electron chi connectivity index (χ1n) is 14.9. The number of carbonyl (C=O) groups is 1. The van der Waals surface area contributed by atoms with Crippen molar-refractivity contribution in [1.29, 1.82) is 0 Å². The smallest absolute Gasteiger partial charge is 0.331 e. The summed E-state index contributed by atoms with van der Waals surface area (Å²) in [5, 5.41) is 81.7. The average molecular weight is 655 g/mol. The molecule has 16 atom stereocenters. The lowest BCUT2D eigenvalue weighted by Gasteiger charge is -2.44. The van der Waals surface area contributed by atoms with Gasteiger partial charge in [-0.25, -0.2) is 4.79 Å². The molecule has 0 spiro atoms. The number of aromatic hydroxyl groups is 1. The Hall–Kier alpha value is -2.71. The highest BCUT2D eigenvalue weighted by Crippen LogP contribution is 2.61. The Morgan fingerprint density at radius 3 is 2.33 bits per heavy atom. The third kappa shape index (κ3) is 5.93. The molecule has 16 nitrogen and oxygen atoms in total. The highest BCUT2D eigenvalue weighted by atomic mass is 16.8. The van der Waals surface area contributed by atoms with E-state index >= 15 is 0 Å². The molecular formula is C30H38O16. The Morgan fingerprint density at radius 1 is 0.891 bits per heavy atom. The van der Waals surface area contributed by atoms with Crippen LogP contribution in [0.4, 0.5) is 0 Å². The Morgan fingerprint density at radius 2 is 1.63 bits per heavy atom. The molecule has 0 amide bonds. The number of ether oxygens (including phenoxy) is 7. The summed E-state index contributed by atoms with van der Waals surface area (Å²) >= 11 is 0. The molecule has 6 rings (SSSR count). The molecule has 1 aromatic carbocycles. The number of hydrogen-bond donors (Lipinski definition) is 8. The Labute approximate surface area is 262 Å². The van der Waals surface area contributed by atoms with E-state index in [1.54, 1.807) is 18.2 Å². The molecule has 254 valence electrons. The van der Waals surface area contributed by atoms with E-state index in [0.29, 0.717) is 5.56 Å². The van der Waals surface area contributed by atoms with Crippen molar-refractivity contribution >= 4 is 12.0 Å². The summed E-state index contributed by atoms with van der Waals surface area (Å²) in [5.74, 6) is -2.17. The van der Waals surface area contributed by atoms with Crippen molar-refractivity contribution < 1.29 is 78.8 Å². The van der Waals surface area contributed by atoms with Crippen molar-refractivity contribution in [1.82, 2.24) is 0 Å². The Kier molecular flexibility index (Phi) is 9.43. The van der Waals surface area contributed by atoms with Crippen LogP contribution >= 0.6 is 0 Å². The van der Waals surface area contributed by atoms with Crippen LogP contribution in [0.15, 0.2) is 42.7 Å². The predicted molar refractivity (Wildman–Crippen MR) is 149 cm³/mol. The van der Waals surface area contributed by atoms with Crippen LogP contribution in [-0.2, 0) is 38.0 Å². The summed E-state index contributed by atoms with van der Waals surface area (Å²) in [5.41, 5.74) is -0.650. The Bertz CT molecular complexity index is 1290. The summed E-state index contributed by atoms with van der Waals surface area (Å²) in [7, 11) is 0. The number of hydrogen-bond acceptors (Lipinski definition) is 16. The van der Waals surface area contributed by atoms with E-state index in [1.165, 1.54) is 31.4 Å². The number of phenolic OH excluding ortho intramolecular Hbond substituents is 1. The second-order valence-corrected chi connectivity index (χ2v) is 12.0. The fourth-order valence-corrected chi connectivity index (χ4v) is 6.63. The number of carbonyl (C=O) groups excluding carboxylic acids is 1. The van der Waals surface area contributed by atoms with Crippen molar-refractivity contribution in [2.75, 3.05) is 13.2 Å². The third-order valence-electron chi connectivity index (χ3n) is 9.23. The maximum Gasteiger partial charge on any atom is 0.331 e. The standard InChI is InChI=1S/C30H38O16/c1-12-19(35)22(38)25(43-17(34)7-4-13-2-5-14(33)6-3-13)29(41-12)44-24-15-8-9-40-27(18(15)30(11-32)26(24)46-30)45-28-23(39)21(37)20(36)16(10-31)42-28/h2-9,12,15-16,18-29,31-33,35-39H,10-11H2,1H3/b7-4-/t12-,15+,16+,18+,19-,20+,21-,22+,23+,24-,25-,26-,27-,28-,29-,30+/m0/s1. The molecule has 1 aliphatic carbocycles. The number of esters is 1. The molecular weight excluding hydrogens is 616 g/mol. The SMILES string of the molecule is C[C@@H]1O[C@@H](O[C@H]2[C@@H]3C=CO[C@@H](O[C@@H]4O[C@H](CO)[C@@H](O)[C@H](O)[C@H]4O)[C@@H]3[C@@]3(CO)O[C@@H]23)[C@@H](OC(=O)/C=C\c2ccc(O)cc2)[C@H](O)[C@H]1O. The molecule has 8 N–H and O–H groups in total. The maximum absolute atomic E-state index is 12.8. The first-order chi connectivity index (χ1) is 22.0. The van der Waals surface area contributed by atoms with Crippen molar-refractivity contribution in [3.8, 4) is 5.75 Å². The van der Waals surface area contributed by atoms with Gasteiger partial charge < -0.3 is 74.0 Å². The monoisotopic (exact) mass is 654 g/mol. The van der Waals surface area contributed by atoms with Crippen LogP contribution in [0.5, 0.6) is 5.75 Å². The van der Waals surface area contributed by atoms with Crippen LogP contribution in [0.1, 0.15) is 12.5 Å². The van der Waals surface area contributed by atoms with Crippen molar-refractivity contribution in [3.63, 3.8) is 0 Å². The lowest BCUT2D eigenvalue weighted by Crippen LogP contribution is -2.61. The summed E-state index contributed by atoms with van der Waals surface area (Å²) < 4.78 is 40.6. The van der Waals surface area contributed by atoms with E-state index in [4.69, 9.17) is 33.2 Å². The molecule has 0 radical (unpaired) electrons. The van der Waals surface area contributed by atoms with Crippen molar-refractivity contribution in [2.45, 2.75) is 92.4 Å². The topological polar surface area (TPSA) is 247 Å². The number of epoxide rings is 1. The second kappa shape index (κ2) is 13.1. The minimum atomic E-state index is -1.70. The molecule has 4 aliphatic heterocycles. The van der Waals surface area contributed by atoms with Gasteiger partial charge in [-0.15, -0.1) is 0 Å². The molecule has 3 saturated heterocycles. The quantitative estimate of drug-likeness (QED) is 0.0763. The summed E-state index contributed by atoms with van der Waals surface area (Å²) in [4.78, 5) is 12.8. The van der Waals surface area contributed by atoms with E-state index in [0.717, 1.165) is 6.08 Å². The third-order valence-corrected chi connectivity index (χ3v) is 9.23. The molecule has 0 bridgehead atoms. The van der Waals surface area contributed by atoms with Gasteiger partial charge in [-0.3, -0.25) is 0 Å². The minimum Gasteiger partial charge on any atom is -0.508 e. The number of rotatable bonds is 9. The van der Waals surface area contributed by atoms with Gasteiger partial charge >= 0.3 is 5.97 Å².